The normalized spacial score (nSPS) is 21.0. The van der Waals surface area contributed by atoms with Crippen molar-refractivity contribution in [1.82, 2.24) is 4.90 Å². The zero-order chi connectivity index (χ0) is 8.97. The fourth-order valence-corrected chi connectivity index (χ4v) is 1.63. The Morgan fingerprint density at radius 2 is 2.25 bits per heavy atom. The predicted octanol–water partition coefficient (Wildman–Crippen LogP) is 0.0379. The maximum absolute atomic E-state index is 8.98. The summed E-state index contributed by atoms with van der Waals surface area (Å²) in [5, 5.41) is 8.98. The molecule has 12 heavy (non-hydrogen) atoms. The number of aliphatic hydroxyl groups excluding tert-OH is 1. The van der Waals surface area contributed by atoms with E-state index in [0.717, 1.165) is 12.5 Å². The van der Waals surface area contributed by atoms with Crippen LogP contribution in [0.1, 0.15) is 19.3 Å². The van der Waals surface area contributed by atoms with E-state index < -0.39 is 0 Å². The minimum Gasteiger partial charge on any atom is -0.395 e. The van der Waals surface area contributed by atoms with Crippen LogP contribution < -0.4 is 5.73 Å². The number of nitrogens with two attached hydrogens (primary N) is 1. The second-order valence-electron chi connectivity index (χ2n) is 3.81. The molecule has 0 saturated heterocycles. The van der Waals surface area contributed by atoms with Crippen molar-refractivity contribution in [2.24, 2.45) is 11.7 Å². The van der Waals surface area contributed by atoms with E-state index >= 15 is 0 Å². The average Bonchev–Trinajstić information content (AvgIpc) is 1.99. The first-order valence-electron chi connectivity index (χ1n) is 4.79. The van der Waals surface area contributed by atoms with E-state index in [9.17, 15) is 0 Å². The molecule has 0 spiro atoms. The fourth-order valence-electron chi connectivity index (χ4n) is 1.63. The van der Waals surface area contributed by atoms with Crippen LogP contribution in [0.2, 0.25) is 0 Å². The summed E-state index contributed by atoms with van der Waals surface area (Å²) in [5.74, 6) is 0.857. The number of hydrogen-bond acceptors (Lipinski definition) is 3. The van der Waals surface area contributed by atoms with Crippen molar-refractivity contribution < 1.29 is 5.11 Å². The fraction of sp³-hybridized carbons (Fsp3) is 1.00. The highest BCUT2D eigenvalue weighted by atomic mass is 16.3. The minimum atomic E-state index is 0.158. The molecule has 0 bridgehead atoms. The smallest absolute Gasteiger partial charge is 0.0599 e. The summed E-state index contributed by atoms with van der Waals surface area (Å²) in [6.45, 7) is 1.84. The summed E-state index contributed by atoms with van der Waals surface area (Å²) >= 11 is 0. The van der Waals surface area contributed by atoms with Crippen LogP contribution in [0.25, 0.3) is 0 Å². The average molecular weight is 172 g/mol. The first kappa shape index (κ1) is 9.96. The molecular formula is C9H20N2O. The van der Waals surface area contributed by atoms with Crippen LogP contribution >= 0.6 is 0 Å². The highest BCUT2D eigenvalue weighted by molar-refractivity contribution is 4.76. The van der Waals surface area contributed by atoms with Gasteiger partial charge in [-0.1, -0.05) is 6.42 Å². The molecule has 1 atom stereocenters. The Balaban J connectivity index is 2.19. The molecule has 72 valence electrons. The van der Waals surface area contributed by atoms with Gasteiger partial charge in [0.15, 0.2) is 0 Å². The summed E-state index contributed by atoms with van der Waals surface area (Å²) in [7, 11) is 2.05. The van der Waals surface area contributed by atoms with E-state index in [1.54, 1.807) is 0 Å². The second-order valence-corrected chi connectivity index (χ2v) is 3.81. The minimum absolute atomic E-state index is 0.158. The summed E-state index contributed by atoms with van der Waals surface area (Å²) in [6.07, 6.45) is 4.09. The molecule has 1 aliphatic carbocycles. The van der Waals surface area contributed by atoms with Gasteiger partial charge in [-0.3, -0.25) is 4.90 Å². The molecule has 0 aromatic rings. The molecule has 0 amide bonds. The number of rotatable bonds is 5. The maximum atomic E-state index is 8.98. The van der Waals surface area contributed by atoms with Crippen molar-refractivity contribution in [3.05, 3.63) is 0 Å². The van der Waals surface area contributed by atoms with Crippen LogP contribution in [0.3, 0.4) is 0 Å². The lowest BCUT2D eigenvalue weighted by Gasteiger charge is -2.33. The predicted molar refractivity (Wildman–Crippen MR) is 49.9 cm³/mol. The van der Waals surface area contributed by atoms with Gasteiger partial charge in [0, 0.05) is 19.1 Å². The molecule has 3 N–H and O–H groups in total. The van der Waals surface area contributed by atoms with Crippen LogP contribution in [0.5, 0.6) is 0 Å². The third-order valence-electron chi connectivity index (χ3n) is 2.88. The van der Waals surface area contributed by atoms with E-state index in [-0.39, 0.29) is 12.6 Å². The molecule has 0 aromatic carbocycles. The Labute approximate surface area is 74.5 Å². The molecule has 0 radical (unpaired) electrons. The van der Waals surface area contributed by atoms with Gasteiger partial charge in [-0.15, -0.1) is 0 Å². The monoisotopic (exact) mass is 172 g/mol. The van der Waals surface area contributed by atoms with Gasteiger partial charge in [-0.25, -0.2) is 0 Å². The van der Waals surface area contributed by atoms with Gasteiger partial charge >= 0.3 is 0 Å². The molecule has 1 saturated carbocycles. The Bertz CT molecular complexity index is 122. The molecule has 0 aromatic heterocycles. The van der Waals surface area contributed by atoms with Gasteiger partial charge in [0.25, 0.3) is 0 Å². The van der Waals surface area contributed by atoms with E-state index in [2.05, 4.69) is 4.90 Å². The number of aliphatic hydroxyl groups is 1. The van der Waals surface area contributed by atoms with Gasteiger partial charge in [0.05, 0.1) is 6.61 Å². The van der Waals surface area contributed by atoms with Gasteiger partial charge in [-0.05, 0) is 25.8 Å². The van der Waals surface area contributed by atoms with E-state index in [1.165, 1.54) is 19.3 Å². The molecule has 3 nitrogen and oxygen atoms in total. The summed E-state index contributed by atoms with van der Waals surface area (Å²) < 4.78 is 0. The summed E-state index contributed by atoms with van der Waals surface area (Å²) in [6, 6.07) is 0.158. The Hall–Kier alpha value is -0.120. The third-order valence-corrected chi connectivity index (χ3v) is 2.88. The van der Waals surface area contributed by atoms with Crippen molar-refractivity contribution in [3.63, 3.8) is 0 Å². The van der Waals surface area contributed by atoms with Crippen molar-refractivity contribution in [2.75, 3.05) is 26.7 Å². The number of nitrogens with zero attached hydrogens (tertiary/aromatic N) is 1. The zero-order valence-corrected chi connectivity index (χ0v) is 7.87. The first-order valence-corrected chi connectivity index (χ1v) is 4.79. The maximum Gasteiger partial charge on any atom is 0.0599 e. The van der Waals surface area contributed by atoms with E-state index in [1.807, 2.05) is 7.05 Å². The molecule has 1 aliphatic rings. The second kappa shape index (κ2) is 4.80. The van der Waals surface area contributed by atoms with Crippen molar-refractivity contribution in [1.29, 1.82) is 0 Å². The molecule has 0 aliphatic heterocycles. The van der Waals surface area contributed by atoms with Crippen LogP contribution in [-0.2, 0) is 0 Å². The lowest BCUT2D eigenvalue weighted by atomic mass is 9.85. The topological polar surface area (TPSA) is 49.5 Å². The van der Waals surface area contributed by atoms with Crippen molar-refractivity contribution in [2.45, 2.75) is 25.3 Å². The Kier molecular flexibility index (Phi) is 3.98. The number of hydrogen-bond donors (Lipinski definition) is 2. The van der Waals surface area contributed by atoms with Crippen LogP contribution in [0.15, 0.2) is 0 Å². The lowest BCUT2D eigenvalue weighted by Crippen LogP contribution is -2.43. The zero-order valence-electron chi connectivity index (χ0n) is 7.87. The van der Waals surface area contributed by atoms with Gasteiger partial charge < -0.3 is 10.8 Å². The molecule has 1 fully saturated rings. The van der Waals surface area contributed by atoms with Crippen molar-refractivity contribution in [3.8, 4) is 0 Å². The van der Waals surface area contributed by atoms with Crippen LogP contribution in [0, 0.1) is 5.92 Å². The van der Waals surface area contributed by atoms with Crippen LogP contribution in [0.4, 0.5) is 0 Å². The highest BCUT2D eigenvalue weighted by Gasteiger charge is 2.21. The molecule has 1 unspecified atom stereocenters. The van der Waals surface area contributed by atoms with Gasteiger partial charge in [0.2, 0.25) is 0 Å². The lowest BCUT2D eigenvalue weighted by molar-refractivity contribution is 0.116. The van der Waals surface area contributed by atoms with Crippen LogP contribution in [-0.4, -0.2) is 42.8 Å². The van der Waals surface area contributed by atoms with Crippen molar-refractivity contribution >= 4 is 0 Å². The molecule has 0 heterocycles. The Morgan fingerprint density at radius 3 is 2.58 bits per heavy atom. The first-order chi connectivity index (χ1) is 5.77. The number of likely N-dealkylation sites (N-methyl/N-ethyl adjacent to an activating group) is 1. The highest BCUT2D eigenvalue weighted by Crippen LogP contribution is 2.26. The molecule has 3 heteroatoms. The summed E-state index contributed by atoms with van der Waals surface area (Å²) in [5.41, 5.74) is 5.52. The van der Waals surface area contributed by atoms with E-state index in [4.69, 9.17) is 10.8 Å². The SMILES string of the molecule is CN(CC1CCC1)C(CN)CO. The van der Waals surface area contributed by atoms with E-state index in [0.29, 0.717) is 6.54 Å². The third kappa shape index (κ3) is 2.44. The Morgan fingerprint density at radius 1 is 1.58 bits per heavy atom. The van der Waals surface area contributed by atoms with Gasteiger partial charge in [0.1, 0.15) is 0 Å². The quantitative estimate of drug-likeness (QED) is 0.615. The summed E-state index contributed by atoms with van der Waals surface area (Å²) in [4.78, 5) is 2.18. The molecule has 1 rings (SSSR count). The molecular weight excluding hydrogens is 152 g/mol. The standard InChI is InChI=1S/C9H20N2O/c1-11(9(5-10)7-12)6-8-3-2-4-8/h8-9,12H,2-7,10H2,1H3. The largest absolute Gasteiger partial charge is 0.395 e. The van der Waals surface area contributed by atoms with Gasteiger partial charge in [-0.2, -0.15) is 0 Å².